The van der Waals surface area contributed by atoms with Gasteiger partial charge in [-0.25, -0.2) is 4.98 Å². The van der Waals surface area contributed by atoms with Crippen LogP contribution in [0.5, 0.6) is 0 Å². The molecule has 0 radical (unpaired) electrons. The highest BCUT2D eigenvalue weighted by Crippen LogP contribution is 2.38. The lowest BCUT2D eigenvalue weighted by Crippen LogP contribution is -2.49. The zero-order valence-electron chi connectivity index (χ0n) is 11.0. The molecule has 0 amide bonds. The highest BCUT2D eigenvalue weighted by Gasteiger charge is 2.39. The highest BCUT2D eigenvalue weighted by molar-refractivity contribution is 5.02. The molecule has 2 atom stereocenters. The largest absolute Gasteiger partial charge is 0.394 e. The first-order chi connectivity index (χ1) is 8.06. The number of nitrogens with zero attached hydrogens (tertiary/aromatic N) is 2. The van der Waals surface area contributed by atoms with Crippen molar-refractivity contribution in [3.05, 3.63) is 18.2 Å². The average Bonchev–Trinajstić information content (AvgIpc) is 2.84. The molecule has 0 spiro atoms. The lowest BCUT2D eigenvalue weighted by atomic mass is 9.97. The summed E-state index contributed by atoms with van der Waals surface area (Å²) in [5, 5.41) is 13.2. The minimum atomic E-state index is -0.102. The lowest BCUT2D eigenvalue weighted by molar-refractivity contribution is 0.151. The molecule has 17 heavy (non-hydrogen) atoms. The van der Waals surface area contributed by atoms with E-state index in [1.165, 1.54) is 0 Å². The molecule has 1 saturated carbocycles. The van der Waals surface area contributed by atoms with Crippen LogP contribution in [-0.2, 0) is 0 Å². The van der Waals surface area contributed by atoms with Gasteiger partial charge in [-0.3, -0.25) is 0 Å². The van der Waals surface area contributed by atoms with Gasteiger partial charge < -0.3 is 15.0 Å². The molecule has 96 valence electrons. The van der Waals surface area contributed by atoms with E-state index in [1.807, 2.05) is 19.3 Å². The molecule has 1 fully saturated rings. The Morgan fingerprint density at radius 2 is 2.41 bits per heavy atom. The maximum atomic E-state index is 9.66. The Morgan fingerprint density at radius 1 is 1.65 bits per heavy atom. The van der Waals surface area contributed by atoms with Crippen LogP contribution in [0, 0.1) is 6.92 Å². The third-order valence-electron chi connectivity index (χ3n) is 3.74. The maximum absolute atomic E-state index is 9.66. The summed E-state index contributed by atoms with van der Waals surface area (Å²) in [7, 11) is 0. The van der Waals surface area contributed by atoms with Crippen LogP contribution in [-0.4, -0.2) is 32.8 Å². The molecule has 0 bridgehead atoms. The van der Waals surface area contributed by atoms with E-state index in [4.69, 9.17) is 0 Å². The number of rotatable bonds is 4. The topological polar surface area (TPSA) is 50.1 Å². The molecule has 2 unspecified atom stereocenters. The van der Waals surface area contributed by atoms with Gasteiger partial charge in [-0.05, 0) is 26.2 Å². The minimum Gasteiger partial charge on any atom is -0.394 e. The van der Waals surface area contributed by atoms with Gasteiger partial charge in [-0.1, -0.05) is 13.8 Å². The van der Waals surface area contributed by atoms with E-state index < -0.39 is 0 Å². The fourth-order valence-electron chi connectivity index (χ4n) is 3.04. The number of aliphatic hydroxyl groups excluding tert-OH is 1. The maximum Gasteiger partial charge on any atom is 0.105 e. The molecule has 4 nitrogen and oxygen atoms in total. The van der Waals surface area contributed by atoms with E-state index in [9.17, 15) is 5.11 Å². The smallest absolute Gasteiger partial charge is 0.105 e. The van der Waals surface area contributed by atoms with Crippen LogP contribution < -0.4 is 5.32 Å². The van der Waals surface area contributed by atoms with E-state index in [2.05, 4.69) is 28.7 Å². The molecule has 1 aliphatic carbocycles. The van der Waals surface area contributed by atoms with Gasteiger partial charge in [0.25, 0.3) is 0 Å². The summed E-state index contributed by atoms with van der Waals surface area (Å²) in [6.07, 6.45) is 7.02. The van der Waals surface area contributed by atoms with Gasteiger partial charge in [-0.2, -0.15) is 0 Å². The summed E-state index contributed by atoms with van der Waals surface area (Å²) < 4.78 is 2.24. The summed E-state index contributed by atoms with van der Waals surface area (Å²) in [4.78, 5) is 4.28. The molecule has 2 N–H and O–H groups in total. The Balaban J connectivity index is 2.10. The van der Waals surface area contributed by atoms with Crippen molar-refractivity contribution in [1.29, 1.82) is 0 Å². The van der Waals surface area contributed by atoms with Crippen LogP contribution in [0.3, 0.4) is 0 Å². The van der Waals surface area contributed by atoms with Crippen molar-refractivity contribution >= 4 is 0 Å². The van der Waals surface area contributed by atoms with Crippen LogP contribution in [0.2, 0.25) is 0 Å². The Morgan fingerprint density at radius 3 is 2.94 bits per heavy atom. The van der Waals surface area contributed by atoms with Crippen molar-refractivity contribution in [3.63, 3.8) is 0 Å². The molecule has 0 aliphatic heterocycles. The summed E-state index contributed by atoms with van der Waals surface area (Å²) >= 11 is 0. The molecule has 0 aromatic carbocycles. The van der Waals surface area contributed by atoms with E-state index in [0.717, 1.165) is 25.1 Å². The Kier molecular flexibility index (Phi) is 3.54. The predicted octanol–water partition coefficient (Wildman–Crippen LogP) is 1.65. The van der Waals surface area contributed by atoms with Crippen molar-refractivity contribution in [2.75, 3.05) is 6.61 Å². The van der Waals surface area contributed by atoms with E-state index in [1.54, 1.807) is 0 Å². The number of hydrogen-bond donors (Lipinski definition) is 2. The van der Waals surface area contributed by atoms with Gasteiger partial charge in [0.1, 0.15) is 5.82 Å². The Bertz CT molecular complexity index is 374. The average molecular weight is 237 g/mol. The van der Waals surface area contributed by atoms with Crippen molar-refractivity contribution in [2.45, 2.75) is 57.7 Å². The number of nitrogens with one attached hydrogen (secondary N) is 1. The van der Waals surface area contributed by atoms with Gasteiger partial charge in [0.05, 0.1) is 6.61 Å². The number of imidazole rings is 1. The number of hydrogen-bond acceptors (Lipinski definition) is 3. The quantitative estimate of drug-likeness (QED) is 0.837. The first kappa shape index (κ1) is 12.6. The fourth-order valence-corrected chi connectivity index (χ4v) is 3.04. The second kappa shape index (κ2) is 4.78. The third kappa shape index (κ3) is 2.53. The van der Waals surface area contributed by atoms with Crippen LogP contribution in [0.1, 0.15) is 45.0 Å². The molecule has 2 rings (SSSR count). The summed E-state index contributed by atoms with van der Waals surface area (Å²) in [5.74, 6) is 1.06. The molecule has 1 aromatic heterocycles. The standard InChI is InChI=1S/C13H23N3O/c1-10(2)15-13(9-17)5-4-12(8-13)16-7-6-14-11(16)3/h6-7,10,12,15,17H,4-5,8-9H2,1-3H3. The van der Waals surface area contributed by atoms with Gasteiger partial charge in [0.2, 0.25) is 0 Å². The van der Waals surface area contributed by atoms with Gasteiger partial charge in [0.15, 0.2) is 0 Å². The lowest BCUT2D eigenvalue weighted by Gasteiger charge is -2.31. The summed E-state index contributed by atoms with van der Waals surface area (Å²) in [6.45, 7) is 6.52. The second-order valence-corrected chi connectivity index (χ2v) is 5.52. The van der Waals surface area contributed by atoms with E-state index in [-0.39, 0.29) is 12.1 Å². The monoisotopic (exact) mass is 237 g/mol. The van der Waals surface area contributed by atoms with Gasteiger partial charge in [0, 0.05) is 30.0 Å². The second-order valence-electron chi connectivity index (χ2n) is 5.52. The fraction of sp³-hybridized carbons (Fsp3) is 0.769. The van der Waals surface area contributed by atoms with Crippen molar-refractivity contribution in [3.8, 4) is 0 Å². The molecular weight excluding hydrogens is 214 g/mol. The molecule has 1 heterocycles. The number of aliphatic hydroxyl groups is 1. The molecular formula is C13H23N3O. The first-order valence-corrected chi connectivity index (χ1v) is 6.44. The van der Waals surface area contributed by atoms with Crippen molar-refractivity contribution < 1.29 is 5.11 Å². The SMILES string of the molecule is Cc1nccn1C1CCC(CO)(NC(C)C)C1. The third-order valence-corrected chi connectivity index (χ3v) is 3.74. The summed E-state index contributed by atoms with van der Waals surface area (Å²) in [5.41, 5.74) is -0.102. The number of aryl methyl sites for hydroxylation is 1. The van der Waals surface area contributed by atoms with E-state index in [0.29, 0.717) is 12.1 Å². The zero-order valence-corrected chi connectivity index (χ0v) is 11.0. The molecule has 1 aromatic rings. The normalized spacial score (nSPS) is 29.1. The van der Waals surface area contributed by atoms with Crippen LogP contribution >= 0.6 is 0 Å². The van der Waals surface area contributed by atoms with Crippen LogP contribution in [0.4, 0.5) is 0 Å². The first-order valence-electron chi connectivity index (χ1n) is 6.44. The minimum absolute atomic E-state index is 0.102. The predicted molar refractivity (Wildman–Crippen MR) is 67.9 cm³/mol. The van der Waals surface area contributed by atoms with Crippen molar-refractivity contribution in [1.82, 2.24) is 14.9 Å². The Hall–Kier alpha value is -0.870. The highest BCUT2D eigenvalue weighted by atomic mass is 16.3. The van der Waals surface area contributed by atoms with Crippen molar-refractivity contribution in [2.24, 2.45) is 0 Å². The summed E-state index contributed by atoms with van der Waals surface area (Å²) in [6, 6.07) is 0.876. The Labute approximate surface area is 103 Å². The molecule has 1 aliphatic rings. The zero-order chi connectivity index (χ0) is 12.5. The van der Waals surface area contributed by atoms with E-state index >= 15 is 0 Å². The van der Waals surface area contributed by atoms with Crippen LogP contribution in [0.15, 0.2) is 12.4 Å². The van der Waals surface area contributed by atoms with Gasteiger partial charge in [-0.15, -0.1) is 0 Å². The molecule has 4 heteroatoms. The molecule has 0 saturated heterocycles. The van der Waals surface area contributed by atoms with Gasteiger partial charge >= 0.3 is 0 Å². The number of aromatic nitrogens is 2. The van der Waals surface area contributed by atoms with Crippen LogP contribution in [0.25, 0.3) is 0 Å².